The lowest BCUT2D eigenvalue weighted by Crippen LogP contribution is -2.61. The third-order valence-electron chi connectivity index (χ3n) is 11.4. The lowest BCUT2D eigenvalue weighted by atomic mass is 9.66. The Labute approximate surface area is 281 Å². The fourth-order valence-corrected chi connectivity index (χ4v) is 8.86. The van der Waals surface area contributed by atoms with Gasteiger partial charge in [0.25, 0.3) is 0 Å². The number of ether oxygens (including phenoxy) is 2. The summed E-state index contributed by atoms with van der Waals surface area (Å²) >= 11 is 0. The first-order valence-electron chi connectivity index (χ1n) is 17.3. The normalized spacial score (nSPS) is 23.4. The van der Waals surface area contributed by atoms with Crippen LogP contribution in [0.1, 0.15) is 50.2 Å². The quantitative estimate of drug-likeness (QED) is 0.233. The average molecular weight is 648 g/mol. The monoisotopic (exact) mass is 647 g/mol. The third kappa shape index (κ3) is 5.03. The number of benzene rings is 2. The number of rotatable bonds is 8. The smallest absolute Gasteiger partial charge is 0.319 e. The lowest BCUT2D eigenvalue weighted by molar-refractivity contribution is -0.139. The van der Waals surface area contributed by atoms with Gasteiger partial charge >= 0.3 is 6.01 Å². The first-order chi connectivity index (χ1) is 23.2. The molecule has 3 saturated heterocycles. The Morgan fingerprint density at radius 2 is 1.81 bits per heavy atom. The SMILES string of the molecule is C=CC(=O)N1CC2(CCN(c3nc(OC4CC5(CCN(C)C5)C4)nc4c(OCC)c(-c5c(C)ccc6[nH]ncc56)c(C=C)cc34)CC2)C1. The molecule has 10 nitrogen and oxygen atoms in total. The molecular weight excluding hydrogens is 602 g/mol. The second-order valence-electron chi connectivity index (χ2n) is 14.6. The average Bonchev–Trinajstić information content (AvgIpc) is 3.70. The number of H-pyrrole nitrogens is 1. The van der Waals surface area contributed by atoms with Gasteiger partial charge in [-0.25, -0.2) is 0 Å². The number of aromatic amines is 1. The maximum atomic E-state index is 12.2. The highest BCUT2D eigenvalue weighted by Gasteiger charge is 2.49. The first kappa shape index (κ1) is 30.9. The van der Waals surface area contributed by atoms with Crippen LogP contribution in [0.15, 0.2) is 43.6 Å². The molecule has 2 spiro atoms. The molecule has 0 unspecified atom stereocenters. The Morgan fingerprint density at radius 3 is 2.50 bits per heavy atom. The number of amides is 1. The molecule has 0 radical (unpaired) electrons. The van der Waals surface area contributed by atoms with Gasteiger partial charge < -0.3 is 24.2 Å². The van der Waals surface area contributed by atoms with Gasteiger partial charge in [0, 0.05) is 54.5 Å². The van der Waals surface area contributed by atoms with E-state index >= 15 is 0 Å². The molecule has 10 heteroatoms. The molecule has 0 atom stereocenters. The van der Waals surface area contributed by atoms with E-state index in [1.165, 1.54) is 12.5 Å². The number of hydrogen-bond donors (Lipinski definition) is 1. The zero-order valence-corrected chi connectivity index (χ0v) is 28.3. The van der Waals surface area contributed by atoms with E-state index in [2.05, 4.69) is 65.3 Å². The summed E-state index contributed by atoms with van der Waals surface area (Å²) in [5, 5.41) is 9.45. The van der Waals surface area contributed by atoms with E-state index in [-0.39, 0.29) is 17.4 Å². The van der Waals surface area contributed by atoms with E-state index in [9.17, 15) is 4.79 Å². The van der Waals surface area contributed by atoms with Gasteiger partial charge in [-0.15, -0.1) is 0 Å². The van der Waals surface area contributed by atoms with Gasteiger partial charge in [-0.2, -0.15) is 15.1 Å². The zero-order chi connectivity index (χ0) is 33.2. The van der Waals surface area contributed by atoms with Crippen LogP contribution < -0.4 is 14.4 Å². The van der Waals surface area contributed by atoms with Crippen molar-refractivity contribution in [3.05, 3.63) is 54.8 Å². The van der Waals surface area contributed by atoms with Gasteiger partial charge in [0.1, 0.15) is 17.4 Å². The maximum Gasteiger partial charge on any atom is 0.319 e. The minimum Gasteiger partial charge on any atom is -0.491 e. The zero-order valence-electron chi connectivity index (χ0n) is 28.3. The first-order valence-corrected chi connectivity index (χ1v) is 17.3. The lowest BCUT2D eigenvalue weighted by Gasteiger charge is -2.54. The minimum absolute atomic E-state index is 0.0197. The standard InChI is InChI=1S/C38H45N7O3/c1-6-25-17-27-33(34(47-8-3)32(25)31-24(4)9-10-29-28(31)20-39-42-29)40-36(48-26-18-38(19-26)11-14-43(5)21-38)41-35(27)44-15-12-37(13-16-44)22-45(23-37)30(46)7-2/h6-7,9-10,17,20,26H,1-2,8,11-16,18-19,21-23H2,3-5H3,(H,39,42). The van der Waals surface area contributed by atoms with Crippen LogP contribution in [0.2, 0.25) is 0 Å². The molecule has 1 saturated carbocycles. The molecule has 1 N–H and O–H groups in total. The van der Waals surface area contributed by atoms with Gasteiger partial charge in [-0.1, -0.05) is 25.3 Å². The molecule has 2 aromatic heterocycles. The number of nitrogens with zero attached hydrogens (tertiary/aromatic N) is 6. The minimum atomic E-state index is 0.0197. The maximum absolute atomic E-state index is 12.2. The van der Waals surface area contributed by atoms with E-state index in [0.717, 1.165) is 115 Å². The number of carbonyl (C=O) groups is 1. The summed E-state index contributed by atoms with van der Waals surface area (Å²) in [4.78, 5) is 29.2. The Hall–Kier alpha value is -4.44. The van der Waals surface area contributed by atoms with Crippen molar-refractivity contribution in [3.8, 4) is 22.9 Å². The summed E-state index contributed by atoms with van der Waals surface area (Å²) in [6, 6.07) is 6.76. The van der Waals surface area contributed by atoms with Crippen LogP contribution in [-0.4, -0.2) is 94.9 Å². The fourth-order valence-electron chi connectivity index (χ4n) is 8.86. The molecular formula is C38H45N7O3. The molecule has 0 bridgehead atoms. The van der Waals surface area contributed by atoms with Crippen molar-refractivity contribution in [2.45, 2.75) is 52.1 Å². The van der Waals surface area contributed by atoms with E-state index in [0.29, 0.717) is 23.8 Å². The molecule has 48 heavy (non-hydrogen) atoms. The van der Waals surface area contributed by atoms with Crippen molar-refractivity contribution in [3.63, 3.8) is 0 Å². The Kier molecular flexibility index (Phi) is 7.47. The van der Waals surface area contributed by atoms with Crippen LogP contribution in [0.4, 0.5) is 5.82 Å². The van der Waals surface area contributed by atoms with Crippen molar-refractivity contribution in [2.24, 2.45) is 10.8 Å². The third-order valence-corrected chi connectivity index (χ3v) is 11.4. The second kappa shape index (κ2) is 11.6. The van der Waals surface area contributed by atoms with Gasteiger partial charge in [0.05, 0.1) is 18.3 Å². The van der Waals surface area contributed by atoms with E-state index in [1.54, 1.807) is 0 Å². The number of anilines is 1. The predicted octanol–water partition coefficient (Wildman–Crippen LogP) is 6.00. The van der Waals surface area contributed by atoms with Crippen LogP contribution in [0.5, 0.6) is 11.8 Å². The van der Waals surface area contributed by atoms with Gasteiger partial charge in [0.2, 0.25) is 5.91 Å². The topological polar surface area (TPSA) is 99.7 Å². The highest BCUT2D eigenvalue weighted by Crippen LogP contribution is 2.50. The Morgan fingerprint density at radius 1 is 1.04 bits per heavy atom. The number of fused-ring (bicyclic) bond motifs is 2. The second-order valence-corrected chi connectivity index (χ2v) is 14.6. The molecule has 1 aliphatic carbocycles. The van der Waals surface area contributed by atoms with Crippen molar-refractivity contribution < 1.29 is 14.3 Å². The van der Waals surface area contributed by atoms with Crippen LogP contribution in [-0.2, 0) is 4.79 Å². The van der Waals surface area contributed by atoms with E-state index in [1.807, 2.05) is 24.1 Å². The van der Waals surface area contributed by atoms with Crippen LogP contribution in [0.3, 0.4) is 0 Å². The Balaban J connectivity index is 1.22. The number of carbonyl (C=O) groups excluding carboxylic acids is 1. The van der Waals surface area contributed by atoms with Gasteiger partial charge in [-0.05, 0) is 99.9 Å². The number of hydrogen-bond acceptors (Lipinski definition) is 8. The van der Waals surface area contributed by atoms with Crippen molar-refractivity contribution in [2.75, 3.05) is 57.8 Å². The molecule has 2 aromatic carbocycles. The largest absolute Gasteiger partial charge is 0.491 e. The van der Waals surface area contributed by atoms with E-state index < -0.39 is 0 Å². The summed E-state index contributed by atoms with van der Waals surface area (Å²) in [6.07, 6.45) is 10.6. The molecule has 8 rings (SSSR count). The molecule has 3 aliphatic heterocycles. The molecule has 4 aromatic rings. The molecule has 1 amide bonds. The van der Waals surface area contributed by atoms with Crippen LogP contribution >= 0.6 is 0 Å². The number of nitrogens with one attached hydrogen (secondary N) is 1. The number of piperidine rings is 1. The van der Waals surface area contributed by atoms with Crippen molar-refractivity contribution >= 4 is 39.6 Å². The van der Waals surface area contributed by atoms with Gasteiger partial charge in [0.15, 0.2) is 5.75 Å². The highest BCUT2D eigenvalue weighted by molar-refractivity contribution is 6.07. The van der Waals surface area contributed by atoms with Crippen LogP contribution in [0, 0.1) is 17.8 Å². The number of likely N-dealkylation sites (tertiary alicyclic amines) is 2. The molecule has 250 valence electrons. The number of aromatic nitrogens is 4. The summed E-state index contributed by atoms with van der Waals surface area (Å²) in [5.74, 6) is 1.60. The summed E-state index contributed by atoms with van der Waals surface area (Å²) in [5.41, 5.74) is 6.30. The summed E-state index contributed by atoms with van der Waals surface area (Å²) < 4.78 is 13.2. The summed E-state index contributed by atoms with van der Waals surface area (Å²) in [6.45, 7) is 18.1. The Bertz CT molecular complexity index is 1930. The molecule has 5 heterocycles. The van der Waals surface area contributed by atoms with Crippen LogP contribution in [0.25, 0.3) is 39.0 Å². The molecule has 4 aliphatic rings. The van der Waals surface area contributed by atoms with Gasteiger partial charge in [-0.3, -0.25) is 9.89 Å². The fraction of sp³-hybridized carbons (Fsp3) is 0.474. The molecule has 4 fully saturated rings. The van der Waals surface area contributed by atoms with E-state index in [4.69, 9.17) is 19.4 Å². The van der Waals surface area contributed by atoms with Crippen molar-refractivity contribution in [1.82, 2.24) is 30.0 Å². The predicted molar refractivity (Wildman–Crippen MR) is 189 cm³/mol. The van der Waals surface area contributed by atoms with Crippen molar-refractivity contribution in [1.29, 1.82) is 0 Å². The highest BCUT2D eigenvalue weighted by atomic mass is 16.5. The summed E-state index contributed by atoms with van der Waals surface area (Å²) in [7, 11) is 2.21. The number of aryl methyl sites for hydroxylation is 1.